The summed E-state index contributed by atoms with van der Waals surface area (Å²) in [5.41, 5.74) is 1.20. The number of nitrogens with zero attached hydrogens (tertiary/aromatic N) is 2. The average molecular weight is 179 g/mol. The molecule has 13 heavy (non-hydrogen) atoms. The van der Waals surface area contributed by atoms with Crippen LogP contribution in [-0.2, 0) is 6.54 Å². The Morgan fingerprint density at radius 1 is 1.85 bits per heavy atom. The molecule has 0 bridgehead atoms. The number of rotatable bonds is 3. The molecule has 0 aliphatic heterocycles. The topological polar surface area (TPSA) is 50.1 Å². The Hall–Kier alpha value is -1.58. The van der Waals surface area contributed by atoms with Gasteiger partial charge in [-0.05, 0) is 13.8 Å². The van der Waals surface area contributed by atoms with Crippen LogP contribution < -0.4 is 5.56 Å². The van der Waals surface area contributed by atoms with E-state index in [1.165, 1.54) is 10.7 Å². The zero-order chi connectivity index (χ0) is 9.84. The summed E-state index contributed by atoms with van der Waals surface area (Å²) in [6.07, 6.45) is 1.64. The van der Waals surface area contributed by atoms with Gasteiger partial charge >= 0.3 is 0 Å². The van der Waals surface area contributed by atoms with E-state index < -0.39 is 0 Å². The van der Waals surface area contributed by atoms with Crippen LogP contribution in [0.5, 0.6) is 0 Å². The maximum atomic E-state index is 11.2. The number of nitrogens with one attached hydrogen (secondary N) is 1. The van der Waals surface area contributed by atoms with Gasteiger partial charge < -0.3 is 0 Å². The van der Waals surface area contributed by atoms with Crippen molar-refractivity contribution in [2.75, 3.05) is 0 Å². The summed E-state index contributed by atoms with van der Waals surface area (Å²) in [5.74, 6) is 0. The van der Waals surface area contributed by atoms with Crippen LogP contribution in [0.2, 0.25) is 0 Å². The molecular weight excluding hydrogens is 166 g/mol. The minimum atomic E-state index is -0.0510. The molecule has 0 saturated heterocycles. The summed E-state index contributed by atoms with van der Waals surface area (Å²) in [6.45, 7) is 8.05. The first-order valence-corrected chi connectivity index (χ1v) is 4.16. The zero-order valence-corrected chi connectivity index (χ0v) is 7.87. The van der Waals surface area contributed by atoms with Crippen LogP contribution in [-0.4, -0.2) is 16.0 Å². The van der Waals surface area contributed by atoms with E-state index in [0.29, 0.717) is 17.9 Å². The Morgan fingerprint density at radius 3 is 3.00 bits per heavy atom. The Morgan fingerprint density at radius 2 is 2.54 bits per heavy atom. The van der Waals surface area contributed by atoms with Gasteiger partial charge in [-0.25, -0.2) is 0 Å². The standard InChI is InChI=1S/C9H13N3O/c1-4-10-7(3)8-6-9(13)12(5-2)11-8/h4,6,11H,3,5H2,1-2H3. The van der Waals surface area contributed by atoms with Gasteiger partial charge in [0.25, 0.3) is 5.56 Å². The van der Waals surface area contributed by atoms with Crippen LogP contribution in [0.25, 0.3) is 5.70 Å². The maximum Gasteiger partial charge on any atom is 0.267 e. The van der Waals surface area contributed by atoms with Crippen molar-refractivity contribution in [3.8, 4) is 0 Å². The Bertz CT molecular complexity index is 384. The van der Waals surface area contributed by atoms with E-state index in [1.807, 2.05) is 6.92 Å². The molecule has 0 saturated carbocycles. The van der Waals surface area contributed by atoms with Gasteiger partial charge in [-0.15, -0.1) is 0 Å². The number of H-pyrrole nitrogens is 1. The lowest BCUT2D eigenvalue weighted by Gasteiger charge is -1.95. The Kier molecular flexibility index (Phi) is 2.84. The van der Waals surface area contributed by atoms with E-state index >= 15 is 0 Å². The number of aromatic nitrogens is 2. The van der Waals surface area contributed by atoms with E-state index in [1.54, 1.807) is 13.1 Å². The summed E-state index contributed by atoms with van der Waals surface area (Å²) >= 11 is 0. The van der Waals surface area contributed by atoms with Crippen molar-refractivity contribution < 1.29 is 0 Å². The van der Waals surface area contributed by atoms with Gasteiger partial charge in [0.05, 0.1) is 11.4 Å². The fourth-order valence-corrected chi connectivity index (χ4v) is 1.04. The summed E-state index contributed by atoms with van der Waals surface area (Å²) in [5, 5.41) is 2.91. The van der Waals surface area contributed by atoms with Gasteiger partial charge in [0.1, 0.15) is 0 Å². The van der Waals surface area contributed by atoms with Crippen LogP contribution in [0.15, 0.2) is 22.4 Å². The van der Waals surface area contributed by atoms with E-state index in [2.05, 4.69) is 16.7 Å². The maximum absolute atomic E-state index is 11.2. The number of aryl methyl sites for hydroxylation is 1. The lowest BCUT2D eigenvalue weighted by Crippen LogP contribution is -2.13. The van der Waals surface area contributed by atoms with E-state index in [0.717, 1.165) is 0 Å². The van der Waals surface area contributed by atoms with Crippen molar-refractivity contribution in [2.24, 2.45) is 4.99 Å². The second kappa shape index (κ2) is 3.89. The SMILES string of the molecule is C=C(N=CC)c1cc(=O)n(CC)[nH]1. The average Bonchev–Trinajstić information content (AvgIpc) is 2.47. The van der Waals surface area contributed by atoms with E-state index in [-0.39, 0.29) is 5.56 Å². The van der Waals surface area contributed by atoms with Crippen LogP contribution in [0.3, 0.4) is 0 Å². The van der Waals surface area contributed by atoms with Crippen molar-refractivity contribution in [1.82, 2.24) is 9.78 Å². The molecule has 0 amide bonds. The lowest BCUT2D eigenvalue weighted by molar-refractivity contribution is 0.636. The minimum absolute atomic E-state index is 0.0510. The molecule has 4 heteroatoms. The second-order valence-electron chi connectivity index (χ2n) is 2.59. The number of hydrogen-bond acceptors (Lipinski definition) is 2. The third-order valence-corrected chi connectivity index (χ3v) is 1.70. The number of hydrogen-bond donors (Lipinski definition) is 1. The van der Waals surface area contributed by atoms with E-state index in [9.17, 15) is 4.79 Å². The highest BCUT2D eigenvalue weighted by Crippen LogP contribution is 2.07. The molecule has 0 fully saturated rings. The van der Waals surface area contributed by atoms with Crippen molar-refractivity contribution in [2.45, 2.75) is 20.4 Å². The molecule has 0 atom stereocenters. The monoisotopic (exact) mass is 179 g/mol. The van der Waals surface area contributed by atoms with Crippen LogP contribution in [0.4, 0.5) is 0 Å². The molecule has 0 aliphatic carbocycles. The van der Waals surface area contributed by atoms with Crippen molar-refractivity contribution in [3.05, 3.63) is 28.7 Å². The summed E-state index contributed by atoms with van der Waals surface area (Å²) in [6, 6.07) is 1.50. The highest BCUT2D eigenvalue weighted by Gasteiger charge is 2.02. The van der Waals surface area contributed by atoms with Crippen LogP contribution in [0, 0.1) is 0 Å². The summed E-state index contributed by atoms with van der Waals surface area (Å²) in [7, 11) is 0. The van der Waals surface area contributed by atoms with Gasteiger partial charge in [0, 0.05) is 18.8 Å². The third-order valence-electron chi connectivity index (χ3n) is 1.70. The van der Waals surface area contributed by atoms with Crippen LogP contribution in [0.1, 0.15) is 19.5 Å². The van der Waals surface area contributed by atoms with Crippen LogP contribution >= 0.6 is 0 Å². The van der Waals surface area contributed by atoms with Crippen molar-refractivity contribution >= 4 is 11.9 Å². The fourth-order valence-electron chi connectivity index (χ4n) is 1.04. The molecular formula is C9H13N3O. The molecule has 0 radical (unpaired) electrons. The number of aromatic amines is 1. The highest BCUT2D eigenvalue weighted by atomic mass is 16.1. The predicted octanol–water partition coefficient (Wildman–Crippen LogP) is 1.26. The third kappa shape index (κ3) is 1.96. The highest BCUT2D eigenvalue weighted by molar-refractivity contribution is 5.69. The van der Waals surface area contributed by atoms with Gasteiger partial charge in [-0.2, -0.15) is 0 Å². The normalized spacial score (nSPS) is 10.9. The molecule has 1 aromatic heterocycles. The molecule has 0 aromatic carbocycles. The quantitative estimate of drug-likeness (QED) is 0.698. The van der Waals surface area contributed by atoms with Gasteiger partial charge in [-0.3, -0.25) is 19.6 Å². The first-order valence-electron chi connectivity index (χ1n) is 4.16. The minimum Gasteiger partial charge on any atom is -0.293 e. The van der Waals surface area contributed by atoms with Crippen molar-refractivity contribution in [1.29, 1.82) is 0 Å². The first-order chi connectivity index (χ1) is 6.19. The molecule has 1 N–H and O–H groups in total. The Labute approximate surface area is 76.6 Å². The Balaban J connectivity index is 3.04. The fraction of sp³-hybridized carbons (Fsp3) is 0.333. The van der Waals surface area contributed by atoms with Gasteiger partial charge in [0.15, 0.2) is 0 Å². The predicted molar refractivity (Wildman–Crippen MR) is 53.9 cm³/mol. The smallest absolute Gasteiger partial charge is 0.267 e. The second-order valence-corrected chi connectivity index (χ2v) is 2.59. The lowest BCUT2D eigenvalue weighted by atomic mass is 10.3. The molecule has 4 nitrogen and oxygen atoms in total. The molecule has 1 aromatic rings. The molecule has 0 unspecified atom stereocenters. The molecule has 70 valence electrons. The first kappa shape index (κ1) is 9.51. The largest absolute Gasteiger partial charge is 0.293 e. The molecule has 0 aliphatic rings. The zero-order valence-electron chi connectivity index (χ0n) is 7.87. The van der Waals surface area contributed by atoms with Gasteiger partial charge in [0.2, 0.25) is 0 Å². The molecule has 1 rings (SSSR count). The summed E-state index contributed by atoms with van der Waals surface area (Å²) < 4.78 is 1.51. The summed E-state index contributed by atoms with van der Waals surface area (Å²) in [4.78, 5) is 15.2. The van der Waals surface area contributed by atoms with Crippen molar-refractivity contribution in [3.63, 3.8) is 0 Å². The van der Waals surface area contributed by atoms with E-state index in [4.69, 9.17) is 0 Å². The number of aliphatic imine (C=N–C) groups is 1. The van der Waals surface area contributed by atoms with Gasteiger partial charge in [-0.1, -0.05) is 6.58 Å². The molecule has 1 heterocycles. The molecule has 0 spiro atoms.